The van der Waals surface area contributed by atoms with E-state index in [1.165, 1.54) is 0 Å². The first-order valence-electron chi connectivity index (χ1n) is 5.21. The van der Waals surface area contributed by atoms with Gasteiger partial charge in [-0.05, 0) is 18.9 Å². The van der Waals surface area contributed by atoms with Crippen molar-refractivity contribution < 1.29 is 10.2 Å². The lowest BCUT2D eigenvalue weighted by molar-refractivity contribution is -0.148. The molecular formula is C13H16O2. The summed E-state index contributed by atoms with van der Waals surface area (Å²) < 4.78 is 0. The molecule has 0 amide bonds. The van der Waals surface area contributed by atoms with Gasteiger partial charge in [-0.2, -0.15) is 0 Å². The second-order valence-corrected chi connectivity index (χ2v) is 4.38. The standard InChI is InChI=1S/C13H16O2/c1-12(14)9-5-6-10-13(12,15)11-7-3-2-4-8-11/h2-8,14-15H,9-10H2,1H3/t12-,13+/m1/s1. The fraction of sp³-hybridized carbons (Fsp3) is 0.385. The van der Waals surface area contributed by atoms with Crippen molar-refractivity contribution in [2.45, 2.75) is 31.0 Å². The predicted molar refractivity (Wildman–Crippen MR) is 59.3 cm³/mol. The largest absolute Gasteiger partial charge is 0.386 e. The lowest BCUT2D eigenvalue weighted by atomic mass is 9.72. The molecule has 2 atom stereocenters. The fourth-order valence-electron chi connectivity index (χ4n) is 2.10. The third-order valence-electron chi connectivity index (χ3n) is 3.24. The third kappa shape index (κ3) is 1.60. The van der Waals surface area contributed by atoms with E-state index in [0.717, 1.165) is 5.56 Å². The van der Waals surface area contributed by atoms with Crippen molar-refractivity contribution >= 4 is 0 Å². The first-order chi connectivity index (χ1) is 7.06. The summed E-state index contributed by atoms with van der Waals surface area (Å²) in [6.07, 6.45) is 4.78. The van der Waals surface area contributed by atoms with Crippen LogP contribution < -0.4 is 0 Å². The maximum atomic E-state index is 10.6. The van der Waals surface area contributed by atoms with E-state index in [4.69, 9.17) is 0 Å². The Hall–Kier alpha value is -1.12. The van der Waals surface area contributed by atoms with Gasteiger partial charge in [0.15, 0.2) is 0 Å². The highest BCUT2D eigenvalue weighted by Gasteiger charge is 2.46. The molecule has 1 aromatic carbocycles. The number of aliphatic hydroxyl groups is 2. The summed E-state index contributed by atoms with van der Waals surface area (Å²) in [5, 5.41) is 20.8. The fourth-order valence-corrected chi connectivity index (χ4v) is 2.10. The smallest absolute Gasteiger partial charge is 0.122 e. The molecule has 80 valence electrons. The molecule has 0 saturated carbocycles. The monoisotopic (exact) mass is 204 g/mol. The predicted octanol–water partition coefficient (Wildman–Crippen LogP) is 1.98. The maximum Gasteiger partial charge on any atom is 0.122 e. The van der Waals surface area contributed by atoms with Gasteiger partial charge in [-0.3, -0.25) is 0 Å². The third-order valence-corrected chi connectivity index (χ3v) is 3.24. The Morgan fingerprint density at radius 3 is 2.20 bits per heavy atom. The first-order valence-corrected chi connectivity index (χ1v) is 5.21. The van der Waals surface area contributed by atoms with Crippen LogP contribution in [0.25, 0.3) is 0 Å². The number of hydrogen-bond donors (Lipinski definition) is 2. The zero-order valence-corrected chi connectivity index (χ0v) is 8.85. The van der Waals surface area contributed by atoms with Crippen LogP contribution in [0, 0.1) is 0 Å². The van der Waals surface area contributed by atoms with Crippen molar-refractivity contribution in [3.63, 3.8) is 0 Å². The minimum Gasteiger partial charge on any atom is -0.386 e. The van der Waals surface area contributed by atoms with Crippen LogP contribution in [0.4, 0.5) is 0 Å². The zero-order chi connectivity index (χ0) is 10.9. The summed E-state index contributed by atoms with van der Waals surface area (Å²) >= 11 is 0. The Morgan fingerprint density at radius 1 is 1.00 bits per heavy atom. The molecule has 0 radical (unpaired) electrons. The molecule has 0 heterocycles. The van der Waals surface area contributed by atoms with Gasteiger partial charge in [-0.25, -0.2) is 0 Å². The molecule has 0 unspecified atom stereocenters. The van der Waals surface area contributed by atoms with Crippen LogP contribution >= 0.6 is 0 Å². The van der Waals surface area contributed by atoms with Gasteiger partial charge in [0, 0.05) is 6.42 Å². The van der Waals surface area contributed by atoms with E-state index in [-0.39, 0.29) is 0 Å². The van der Waals surface area contributed by atoms with Crippen LogP contribution in [0.1, 0.15) is 25.3 Å². The first kappa shape index (κ1) is 10.4. The zero-order valence-electron chi connectivity index (χ0n) is 8.85. The Kier molecular flexibility index (Phi) is 2.41. The summed E-state index contributed by atoms with van der Waals surface area (Å²) in [5.41, 5.74) is -1.48. The van der Waals surface area contributed by atoms with Gasteiger partial charge in [-0.1, -0.05) is 42.5 Å². The summed E-state index contributed by atoms with van der Waals surface area (Å²) in [7, 11) is 0. The Balaban J connectivity index is 2.45. The molecule has 1 aliphatic rings. The highest BCUT2D eigenvalue weighted by atomic mass is 16.4. The molecule has 2 N–H and O–H groups in total. The molecule has 0 aliphatic heterocycles. The van der Waals surface area contributed by atoms with E-state index < -0.39 is 11.2 Å². The molecule has 0 bridgehead atoms. The maximum absolute atomic E-state index is 10.6. The van der Waals surface area contributed by atoms with E-state index in [0.29, 0.717) is 12.8 Å². The lowest BCUT2D eigenvalue weighted by Gasteiger charge is -2.43. The van der Waals surface area contributed by atoms with Crippen molar-refractivity contribution in [2.24, 2.45) is 0 Å². The van der Waals surface area contributed by atoms with Gasteiger partial charge in [-0.15, -0.1) is 0 Å². The van der Waals surface area contributed by atoms with Crippen molar-refractivity contribution in [2.75, 3.05) is 0 Å². The number of hydrogen-bond acceptors (Lipinski definition) is 2. The van der Waals surface area contributed by atoms with Gasteiger partial charge in [0.1, 0.15) is 5.60 Å². The van der Waals surface area contributed by atoms with E-state index in [9.17, 15) is 10.2 Å². The topological polar surface area (TPSA) is 40.5 Å². The Bertz CT molecular complexity index is 367. The Labute approximate surface area is 89.9 Å². The normalized spacial score (nSPS) is 35.4. The van der Waals surface area contributed by atoms with E-state index in [2.05, 4.69) is 0 Å². The second-order valence-electron chi connectivity index (χ2n) is 4.38. The van der Waals surface area contributed by atoms with Gasteiger partial charge in [0.2, 0.25) is 0 Å². The molecule has 0 spiro atoms. The van der Waals surface area contributed by atoms with Crippen LogP contribution in [0.2, 0.25) is 0 Å². The molecule has 2 heteroatoms. The highest BCUT2D eigenvalue weighted by Crippen LogP contribution is 2.41. The summed E-state index contributed by atoms with van der Waals surface area (Å²) in [4.78, 5) is 0. The average molecular weight is 204 g/mol. The van der Waals surface area contributed by atoms with Crippen molar-refractivity contribution in [1.82, 2.24) is 0 Å². The Morgan fingerprint density at radius 2 is 1.60 bits per heavy atom. The van der Waals surface area contributed by atoms with Gasteiger partial charge in [0.25, 0.3) is 0 Å². The summed E-state index contributed by atoms with van der Waals surface area (Å²) in [6, 6.07) is 9.37. The van der Waals surface area contributed by atoms with Crippen LogP contribution in [-0.4, -0.2) is 15.8 Å². The van der Waals surface area contributed by atoms with Crippen molar-refractivity contribution in [3.8, 4) is 0 Å². The molecule has 0 fully saturated rings. The molecule has 1 aliphatic carbocycles. The minimum atomic E-state index is -1.16. The van der Waals surface area contributed by atoms with Gasteiger partial charge < -0.3 is 10.2 Å². The molecule has 0 aromatic heterocycles. The van der Waals surface area contributed by atoms with Crippen LogP contribution in [-0.2, 0) is 5.60 Å². The summed E-state index contributed by atoms with van der Waals surface area (Å²) in [6.45, 7) is 1.68. The molecule has 1 aromatic rings. The SMILES string of the molecule is C[C@@]1(O)CC=CC[C@]1(O)c1ccccc1. The molecular weight excluding hydrogens is 188 g/mol. The number of benzene rings is 1. The van der Waals surface area contributed by atoms with Crippen LogP contribution in [0.15, 0.2) is 42.5 Å². The lowest BCUT2D eigenvalue weighted by Crippen LogP contribution is -2.50. The minimum absolute atomic E-state index is 0.462. The molecule has 2 rings (SSSR count). The van der Waals surface area contributed by atoms with Gasteiger partial charge >= 0.3 is 0 Å². The average Bonchev–Trinajstić information content (AvgIpc) is 2.24. The van der Waals surface area contributed by atoms with Crippen molar-refractivity contribution in [1.29, 1.82) is 0 Å². The molecule has 15 heavy (non-hydrogen) atoms. The second kappa shape index (κ2) is 3.47. The van der Waals surface area contributed by atoms with E-state index in [1.807, 2.05) is 42.5 Å². The number of rotatable bonds is 1. The molecule has 0 saturated heterocycles. The van der Waals surface area contributed by atoms with E-state index >= 15 is 0 Å². The van der Waals surface area contributed by atoms with Gasteiger partial charge in [0.05, 0.1) is 5.60 Å². The van der Waals surface area contributed by atoms with Crippen LogP contribution in [0.5, 0.6) is 0 Å². The highest BCUT2D eigenvalue weighted by molar-refractivity contribution is 5.29. The molecule has 2 nitrogen and oxygen atoms in total. The summed E-state index contributed by atoms with van der Waals surface area (Å²) in [5.74, 6) is 0. The van der Waals surface area contributed by atoms with E-state index in [1.54, 1.807) is 6.92 Å². The van der Waals surface area contributed by atoms with Crippen LogP contribution in [0.3, 0.4) is 0 Å². The quantitative estimate of drug-likeness (QED) is 0.687. The van der Waals surface area contributed by atoms with Crippen molar-refractivity contribution in [3.05, 3.63) is 48.0 Å².